The monoisotopic (exact) mass is 312 g/mol. The SMILES string of the molecule is Cc1nc(CC2CCN(C(=O)CCc3ccccc3)CC2)n[nH]1. The van der Waals surface area contributed by atoms with Crippen LogP contribution < -0.4 is 0 Å². The van der Waals surface area contributed by atoms with Crippen LogP contribution >= 0.6 is 0 Å². The Morgan fingerprint density at radius 2 is 2.00 bits per heavy atom. The Kier molecular flexibility index (Phi) is 5.05. The highest BCUT2D eigenvalue weighted by atomic mass is 16.2. The van der Waals surface area contributed by atoms with Gasteiger partial charge in [0.1, 0.15) is 5.82 Å². The Morgan fingerprint density at radius 1 is 1.26 bits per heavy atom. The van der Waals surface area contributed by atoms with Crippen molar-refractivity contribution in [2.75, 3.05) is 13.1 Å². The van der Waals surface area contributed by atoms with Crippen molar-refractivity contribution in [3.63, 3.8) is 0 Å². The zero-order valence-electron chi connectivity index (χ0n) is 13.7. The lowest BCUT2D eigenvalue weighted by atomic mass is 9.93. The Labute approximate surface area is 137 Å². The third kappa shape index (κ3) is 4.41. The maximum atomic E-state index is 12.3. The number of aromatic amines is 1. The van der Waals surface area contributed by atoms with Crippen LogP contribution in [0.4, 0.5) is 0 Å². The molecular weight excluding hydrogens is 288 g/mol. The summed E-state index contributed by atoms with van der Waals surface area (Å²) in [5.74, 6) is 2.63. The van der Waals surface area contributed by atoms with Crippen molar-refractivity contribution in [3.8, 4) is 0 Å². The first-order valence-electron chi connectivity index (χ1n) is 8.40. The zero-order chi connectivity index (χ0) is 16.1. The van der Waals surface area contributed by atoms with Crippen molar-refractivity contribution in [3.05, 3.63) is 47.5 Å². The molecule has 0 radical (unpaired) electrons. The van der Waals surface area contributed by atoms with Gasteiger partial charge in [0.05, 0.1) is 0 Å². The molecule has 1 amide bonds. The van der Waals surface area contributed by atoms with E-state index in [1.807, 2.05) is 30.0 Å². The van der Waals surface area contributed by atoms with E-state index < -0.39 is 0 Å². The van der Waals surface area contributed by atoms with Crippen LogP contribution in [0, 0.1) is 12.8 Å². The van der Waals surface area contributed by atoms with Gasteiger partial charge in [-0.05, 0) is 37.7 Å². The van der Waals surface area contributed by atoms with Crippen molar-refractivity contribution < 1.29 is 4.79 Å². The van der Waals surface area contributed by atoms with E-state index >= 15 is 0 Å². The lowest BCUT2D eigenvalue weighted by Gasteiger charge is -2.31. The molecule has 1 aliphatic heterocycles. The van der Waals surface area contributed by atoms with Gasteiger partial charge in [0.15, 0.2) is 5.82 Å². The van der Waals surface area contributed by atoms with Crippen LogP contribution in [0.3, 0.4) is 0 Å². The first-order chi connectivity index (χ1) is 11.2. The van der Waals surface area contributed by atoms with Gasteiger partial charge < -0.3 is 4.90 Å². The molecule has 0 spiro atoms. The van der Waals surface area contributed by atoms with E-state index in [1.165, 1.54) is 5.56 Å². The third-order valence-corrected chi connectivity index (χ3v) is 4.55. The third-order valence-electron chi connectivity index (χ3n) is 4.55. The molecular formula is C18H24N4O. The predicted octanol–water partition coefficient (Wildman–Crippen LogP) is 2.53. The summed E-state index contributed by atoms with van der Waals surface area (Å²) in [6.45, 7) is 3.65. The fraction of sp³-hybridized carbons (Fsp3) is 0.500. The van der Waals surface area contributed by atoms with Gasteiger partial charge in [0, 0.05) is 25.9 Å². The van der Waals surface area contributed by atoms with Crippen molar-refractivity contribution in [2.24, 2.45) is 5.92 Å². The molecule has 0 atom stereocenters. The number of aryl methyl sites for hydroxylation is 2. The molecule has 0 saturated carbocycles. The first kappa shape index (κ1) is 15.7. The number of H-pyrrole nitrogens is 1. The molecule has 1 saturated heterocycles. The van der Waals surface area contributed by atoms with Gasteiger partial charge in [0.2, 0.25) is 5.91 Å². The minimum absolute atomic E-state index is 0.279. The number of hydrogen-bond donors (Lipinski definition) is 1. The number of hydrogen-bond acceptors (Lipinski definition) is 3. The summed E-state index contributed by atoms with van der Waals surface area (Å²) >= 11 is 0. The molecule has 5 nitrogen and oxygen atoms in total. The molecule has 122 valence electrons. The van der Waals surface area contributed by atoms with E-state index in [4.69, 9.17) is 0 Å². The summed E-state index contributed by atoms with van der Waals surface area (Å²) in [6, 6.07) is 10.2. The number of benzene rings is 1. The Balaban J connectivity index is 1.42. The molecule has 1 aliphatic rings. The quantitative estimate of drug-likeness (QED) is 0.923. The summed E-state index contributed by atoms with van der Waals surface area (Å²) < 4.78 is 0. The summed E-state index contributed by atoms with van der Waals surface area (Å²) in [4.78, 5) is 18.7. The number of likely N-dealkylation sites (tertiary alicyclic amines) is 1. The van der Waals surface area contributed by atoms with E-state index in [9.17, 15) is 4.79 Å². The minimum atomic E-state index is 0.279. The number of piperidine rings is 1. The highest BCUT2D eigenvalue weighted by Gasteiger charge is 2.23. The molecule has 0 unspecified atom stereocenters. The molecule has 3 rings (SSSR count). The van der Waals surface area contributed by atoms with Crippen molar-refractivity contribution in [1.29, 1.82) is 0 Å². The number of nitrogens with one attached hydrogen (secondary N) is 1. The largest absolute Gasteiger partial charge is 0.343 e. The lowest BCUT2D eigenvalue weighted by molar-refractivity contribution is -0.132. The molecule has 1 aromatic carbocycles. The van der Waals surface area contributed by atoms with Gasteiger partial charge >= 0.3 is 0 Å². The van der Waals surface area contributed by atoms with E-state index in [1.54, 1.807) is 0 Å². The van der Waals surface area contributed by atoms with E-state index in [-0.39, 0.29) is 5.91 Å². The number of rotatable bonds is 5. The Morgan fingerprint density at radius 3 is 2.65 bits per heavy atom. The van der Waals surface area contributed by atoms with Gasteiger partial charge in [-0.25, -0.2) is 4.98 Å². The molecule has 0 bridgehead atoms. The predicted molar refractivity (Wildman–Crippen MR) is 88.9 cm³/mol. The van der Waals surface area contributed by atoms with Crippen LogP contribution in [0.15, 0.2) is 30.3 Å². The summed E-state index contributed by atoms with van der Waals surface area (Å²) in [7, 11) is 0. The number of carbonyl (C=O) groups excluding carboxylic acids is 1. The highest BCUT2D eigenvalue weighted by Crippen LogP contribution is 2.21. The van der Waals surface area contributed by atoms with Crippen LogP contribution in [-0.4, -0.2) is 39.1 Å². The van der Waals surface area contributed by atoms with Crippen LogP contribution in [0.2, 0.25) is 0 Å². The highest BCUT2D eigenvalue weighted by molar-refractivity contribution is 5.76. The lowest BCUT2D eigenvalue weighted by Crippen LogP contribution is -2.39. The van der Waals surface area contributed by atoms with Crippen molar-refractivity contribution >= 4 is 5.91 Å². The fourth-order valence-corrected chi connectivity index (χ4v) is 3.18. The zero-order valence-corrected chi connectivity index (χ0v) is 13.7. The van der Waals surface area contributed by atoms with Crippen LogP contribution in [-0.2, 0) is 17.6 Å². The molecule has 5 heteroatoms. The van der Waals surface area contributed by atoms with Gasteiger partial charge in [-0.1, -0.05) is 30.3 Å². The number of aromatic nitrogens is 3. The second kappa shape index (κ2) is 7.40. The van der Waals surface area contributed by atoms with E-state index in [0.29, 0.717) is 12.3 Å². The van der Waals surface area contributed by atoms with Crippen molar-refractivity contribution in [2.45, 2.75) is 39.0 Å². The standard InChI is InChI=1S/C18H24N4O/c1-14-19-17(21-20-14)13-16-9-11-22(12-10-16)18(23)8-7-15-5-3-2-4-6-15/h2-6,16H,7-13H2,1H3,(H,19,20,21). The smallest absolute Gasteiger partial charge is 0.222 e. The van der Waals surface area contributed by atoms with Crippen LogP contribution in [0.5, 0.6) is 0 Å². The average molecular weight is 312 g/mol. The van der Waals surface area contributed by atoms with Gasteiger partial charge in [-0.15, -0.1) is 0 Å². The molecule has 1 aromatic heterocycles. The van der Waals surface area contributed by atoms with Crippen LogP contribution in [0.1, 0.15) is 36.5 Å². The van der Waals surface area contributed by atoms with Gasteiger partial charge in [-0.2, -0.15) is 5.10 Å². The van der Waals surface area contributed by atoms with Gasteiger partial charge in [-0.3, -0.25) is 9.89 Å². The minimum Gasteiger partial charge on any atom is -0.343 e. The molecule has 1 fully saturated rings. The number of nitrogens with zero attached hydrogens (tertiary/aromatic N) is 3. The molecule has 0 aliphatic carbocycles. The number of amides is 1. The maximum Gasteiger partial charge on any atom is 0.222 e. The Bertz CT molecular complexity index is 629. The second-order valence-corrected chi connectivity index (χ2v) is 6.35. The molecule has 23 heavy (non-hydrogen) atoms. The fourth-order valence-electron chi connectivity index (χ4n) is 3.18. The molecule has 2 heterocycles. The molecule has 1 N–H and O–H groups in total. The second-order valence-electron chi connectivity index (χ2n) is 6.35. The van der Waals surface area contributed by atoms with Crippen molar-refractivity contribution in [1.82, 2.24) is 20.1 Å². The first-order valence-corrected chi connectivity index (χ1v) is 8.40. The molecule has 2 aromatic rings. The number of carbonyl (C=O) groups is 1. The van der Waals surface area contributed by atoms with E-state index in [2.05, 4.69) is 27.3 Å². The Hall–Kier alpha value is -2.17. The summed E-state index contributed by atoms with van der Waals surface area (Å²) in [5.41, 5.74) is 1.23. The van der Waals surface area contributed by atoms with E-state index in [0.717, 1.165) is 50.4 Å². The summed E-state index contributed by atoms with van der Waals surface area (Å²) in [5, 5.41) is 7.10. The summed E-state index contributed by atoms with van der Waals surface area (Å²) in [6.07, 6.45) is 4.44. The topological polar surface area (TPSA) is 61.9 Å². The average Bonchev–Trinajstić information content (AvgIpc) is 2.99. The maximum absolute atomic E-state index is 12.3. The normalized spacial score (nSPS) is 15.8. The van der Waals surface area contributed by atoms with Crippen LogP contribution in [0.25, 0.3) is 0 Å². The van der Waals surface area contributed by atoms with Gasteiger partial charge in [0.25, 0.3) is 0 Å².